The topological polar surface area (TPSA) is 87.7 Å². The SMILES string of the molecule is CCCNC(=O)CNC(=O)CN1CCC(C(=O)OCC)CC1. The minimum absolute atomic E-state index is 0.0120. The van der Waals surface area contributed by atoms with Crippen LogP contribution in [-0.2, 0) is 19.1 Å². The summed E-state index contributed by atoms with van der Waals surface area (Å²) in [5.41, 5.74) is 0. The lowest BCUT2D eigenvalue weighted by Crippen LogP contribution is -2.45. The van der Waals surface area contributed by atoms with Gasteiger partial charge >= 0.3 is 5.97 Å². The van der Waals surface area contributed by atoms with Crippen molar-refractivity contribution < 1.29 is 19.1 Å². The van der Waals surface area contributed by atoms with E-state index in [4.69, 9.17) is 4.74 Å². The van der Waals surface area contributed by atoms with Gasteiger partial charge in [-0.2, -0.15) is 0 Å². The first-order valence-corrected chi connectivity index (χ1v) is 7.99. The van der Waals surface area contributed by atoms with Gasteiger partial charge in [0.05, 0.1) is 25.6 Å². The van der Waals surface area contributed by atoms with Crippen molar-refractivity contribution >= 4 is 17.8 Å². The number of hydrogen-bond acceptors (Lipinski definition) is 5. The lowest BCUT2D eigenvalue weighted by atomic mass is 9.97. The molecule has 1 fully saturated rings. The molecule has 1 aliphatic heterocycles. The number of likely N-dealkylation sites (tertiary alicyclic amines) is 1. The zero-order valence-electron chi connectivity index (χ0n) is 13.5. The number of rotatable bonds is 8. The summed E-state index contributed by atoms with van der Waals surface area (Å²) in [6, 6.07) is 0. The van der Waals surface area contributed by atoms with Crippen molar-refractivity contribution in [3.05, 3.63) is 0 Å². The Morgan fingerprint density at radius 2 is 1.77 bits per heavy atom. The van der Waals surface area contributed by atoms with Crippen LogP contribution in [0.5, 0.6) is 0 Å². The third-order valence-corrected chi connectivity index (χ3v) is 3.59. The fourth-order valence-electron chi connectivity index (χ4n) is 2.35. The van der Waals surface area contributed by atoms with Crippen molar-refractivity contribution in [2.24, 2.45) is 5.92 Å². The molecule has 2 N–H and O–H groups in total. The Hall–Kier alpha value is -1.63. The number of nitrogens with one attached hydrogen (secondary N) is 2. The predicted octanol–water partition coefficient (Wildman–Crippen LogP) is -0.0961. The molecule has 0 unspecified atom stereocenters. The standard InChI is InChI=1S/C15H27N3O4/c1-3-7-16-13(19)10-17-14(20)11-18-8-5-12(6-9-18)15(21)22-4-2/h12H,3-11H2,1-2H3,(H,16,19)(H,17,20). The summed E-state index contributed by atoms with van der Waals surface area (Å²) in [4.78, 5) is 36.8. The van der Waals surface area contributed by atoms with E-state index >= 15 is 0 Å². The molecular formula is C15H27N3O4. The molecule has 0 spiro atoms. The Labute approximate surface area is 131 Å². The molecule has 1 heterocycles. The minimum atomic E-state index is -0.170. The lowest BCUT2D eigenvalue weighted by molar-refractivity contribution is -0.149. The number of hydrogen-bond donors (Lipinski definition) is 2. The molecular weight excluding hydrogens is 286 g/mol. The van der Waals surface area contributed by atoms with Gasteiger partial charge in [-0.15, -0.1) is 0 Å². The van der Waals surface area contributed by atoms with Gasteiger partial charge in [0.2, 0.25) is 11.8 Å². The third-order valence-electron chi connectivity index (χ3n) is 3.59. The van der Waals surface area contributed by atoms with Crippen molar-refractivity contribution in [1.29, 1.82) is 0 Å². The number of piperidine rings is 1. The van der Waals surface area contributed by atoms with Crippen LogP contribution in [0.15, 0.2) is 0 Å². The zero-order valence-corrected chi connectivity index (χ0v) is 13.5. The van der Waals surface area contributed by atoms with Gasteiger partial charge < -0.3 is 15.4 Å². The highest BCUT2D eigenvalue weighted by Crippen LogP contribution is 2.18. The molecule has 0 aromatic rings. The number of carbonyl (C=O) groups is 3. The molecule has 1 rings (SSSR count). The zero-order chi connectivity index (χ0) is 16.4. The monoisotopic (exact) mass is 313 g/mol. The molecule has 2 amide bonds. The van der Waals surface area contributed by atoms with Crippen molar-refractivity contribution in [3.63, 3.8) is 0 Å². The van der Waals surface area contributed by atoms with Crippen LogP contribution in [0.3, 0.4) is 0 Å². The van der Waals surface area contributed by atoms with Gasteiger partial charge in [-0.1, -0.05) is 6.92 Å². The molecule has 0 aliphatic carbocycles. The van der Waals surface area contributed by atoms with Gasteiger partial charge in [0.1, 0.15) is 0 Å². The van der Waals surface area contributed by atoms with E-state index in [1.807, 2.05) is 11.8 Å². The van der Waals surface area contributed by atoms with Gasteiger partial charge in [-0.3, -0.25) is 19.3 Å². The highest BCUT2D eigenvalue weighted by Gasteiger charge is 2.26. The Bertz CT molecular complexity index is 379. The van der Waals surface area contributed by atoms with E-state index in [1.54, 1.807) is 6.92 Å². The maximum absolute atomic E-state index is 11.8. The number of carbonyl (C=O) groups excluding carboxylic acids is 3. The first kappa shape index (κ1) is 18.4. The van der Waals surface area contributed by atoms with Crippen molar-refractivity contribution in [2.45, 2.75) is 33.1 Å². The van der Waals surface area contributed by atoms with Crippen molar-refractivity contribution in [1.82, 2.24) is 15.5 Å². The summed E-state index contributed by atoms with van der Waals surface area (Å²) in [7, 11) is 0. The second-order valence-corrected chi connectivity index (χ2v) is 5.43. The van der Waals surface area contributed by atoms with E-state index in [-0.39, 0.29) is 36.8 Å². The second-order valence-electron chi connectivity index (χ2n) is 5.43. The number of esters is 1. The molecule has 7 nitrogen and oxygen atoms in total. The number of nitrogens with zero attached hydrogens (tertiary/aromatic N) is 1. The summed E-state index contributed by atoms with van der Waals surface area (Å²) in [5.74, 6) is -0.532. The van der Waals surface area contributed by atoms with E-state index in [0.29, 0.717) is 39.1 Å². The highest BCUT2D eigenvalue weighted by molar-refractivity contribution is 5.85. The van der Waals surface area contributed by atoms with Crippen LogP contribution in [0.25, 0.3) is 0 Å². The second kappa shape index (κ2) is 10.2. The van der Waals surface area contributed by atoms with E-state index < -0.39 is 0 Å². The molecule has 0 aromatic heterocycles. The summed E-state index contributed by atoms with van der Waals surface area (Å²) < 4.78 is 5.01. The van der Waals surface area contributed by atoms with Gasteiger partial charge in [-0.05, 0) is 39.3 Å². The average molecular weight is 313 g/mol. The Kier molecular flexibility index (Phi) is 8.50. The molecule has 0 radical (unpaired) electrons. The first-order valence-electron chi connectivity index (χ1n) is 7.99. The van der Waals surface area contributed by atoms with Crippen LogP contribution in [0.1, 0.15) is 33.1 Å². The fourth-order valence-corrected chi connectivity index (χ4v) is 2.35. The Morgan fingerprint density at radius 3 is 2.36 bits per heavy atom. The number of ether oxygens (including phenoxy) is 1. The van der Waals surface area contributed by atoms with E-state index in [1.165, 1.54) is 0 Å². The van der Waals surface area contributed by atoms with Crippen LogP contribution < -0.4 is 10.6 Å². The summed E-state index contributed by atoms with van der Waals surface area (Å²) in [6.07, 6.45) is 2.29. The Balaban J connectivity index is 2.19. The van der Waals surface area contributed by atoms with Crippen LogP contribution in [0.2, 0.25) is 0 Å². The molecule has 1 saturated heterocycles. The fraction of sp³-hybridized carbons (Fsp3) is 0.800. The lowest BCUT2D eigenvalue weighted by Gasteiger charge is -2.30. The maximum atomic E-state index is 11.8. The predicted molar refractivity (Wildman–Crippen MR) is 82.1 cm³/mol. The van der Waals surface area contributed by atoms with E-state index in [0.717, 1.165) is 6.42 Å². The number of amides is 2. The molecule has 0 saturated carbocycles. The van der Waals surface area contributed by atoms with Gasteiger partial charge in [0, 0.05) is 6.54 Å². The average Bonchev–Trinajstić information content (AvgIpc) is 2.52. The summed E-state index contributed by atoms with van der Waals surface area (Å²) in [5, 5.41) is 5.31. The molecule has 0 bridgehead atoms. The Morgan fingerprint density at radius 1 is 1.09 bits per heavy atom. The molecule has 0 aromatic carbocycles. The highest BCUT2D eigenvalue weighted by atomic mass is 16.5. The van der Waals surface area contributed by atoms with Crippen LogP contribution >= 0.6 is 0 Å². The van der Waals surface area contributed by atoms with Gasteiger partial charge in [0.25, 0.3) is 0 Å². The summed E-state index contributed by atoms with van der Waals surface area (Å²) >= 11 is 0. The molecule has 0 atom stereocenters. The van der Waals surface area contributed by atoms with Gasteiger partial charge in [0.15, 0.2) is 0 Å². The largest absolute Gasteiger partial charge is 0.466 e. The van der Waals surface area contributed by atoms with Crippen LogP contribution in [-0.4, -0.2) is 62.0 Å². The van der Waals surface area contributed by atoms with Gasteiger partial charge in [-0.25, -0.2) is 0 Å². The molecule has 1 aliphatic rings. The third kappa shape index (κ3) is 6.89. The van der Waals surface area contributed by atoms with E-state index in [2.05, 4.69) is 10.6 Å². The van der Waals surface area contributed by atoms with Crippen molar-refractivity contribution in [2.75, 3.05) is 39.3 Å². The summed E-state index contributed by atoms with van der Waals surface area (Å²) in [6.45, 7) is 6.46. The van der Waals surface area contributed by atoms with Crippen LogP contribution in [0, 0.1) is 5.92 Å². The first-order chi connectivity index (χ1) is 10.6. The quantitative estimate of drug-likeness (QED) is 0.611. The molecule has 22 heavy (non-hydrogen) atoms. The molecule has 126 valence electrons. The smallest absolute Gasteiger partial charge is 0.309 e. The normalized spacial score (nSPS) is 16.1. The van der Waals surface area contributed by atoms with E-state index in [9.17, 15) is 14.4 Å². The maximum Gasteiger partial charge on any atom is 0.309 e. The minimum Gasteiger partial charge on any atom is -0.466 e. The van der Waals surface area contributed by atoms with Crippen LogP contribution in [0.4, 0.5) is 0 Å². The van der Waals surface area contributed by atoms with Crippen molar-refractivity contribution in [3.8, 4) is 0 Å². The molecule has 7 heteroatoms.